The molecule has 1 nitrogen and oxygen atoms in total. The van der Waals surface area contributed by atoms with Gasteiger partial charge < -0.3 is 5.73 Å². The van der Waals surface area contributed by atoms with E-state index in [9.17, 15) is 4.39 Å². The van der Waals surface area contributed by atoms with Crippen LogP contribution in [0.5, 0.6) is 0 Å². The first-order valence-corrected chi connectivity index (χ1v) is 5.09. The SMILES string of the molecule is CC(N)Cc1cccc2ccc(F)cc12. The highest BCUT2D eigenvalue weighted by atomic mass is 19.1. The van der Waals surface area contributed by atoms with Gasteiger partial charge in [0.15, 0.2) is 0 Å². The van der Waals surface area contributed by atoms with Gasteiger partial charge in [0, 0.05) is 6.04 Å². The topological polar surface area (TPSA) is 26.0 Å². The number of halogens is 1. The third-order valence-corrected chi connectivity index (χ3v) is 2.48. The highest BCUT2D eigenvalue weighted by Gasteiger charge is 2.04. The van der Waals surface area contributed by atoms with Crippen molar-refractivity contribution in [2.75, 3.05) is 0 Å². The van der Waals surface area contributed by atoms with Gasteiger partial charge in [-0.2, -0.15) is 0 Å². The van der Waals surface area contributed by atoms with E-state index >= 15 is 0 Å². The lowest BCUT2D eigenvalue weighted by Gasteiger charge is -2.08. The Balaban J connectivity index is 2.58. The molecule has 0 aromatic heterocycles. The van der Waals surface area contributed by atoms with Crippen LogP contribution >= 0.6 is 0 Å². The fourth-order valence-corrected chi connectivity index (χ4v) is 1.83. The molecule has 1 atom stereocenters. The summed E-state index contributed by atoms with van der Waals surface area (Å²) in [5.74, 6) is -0.195. The number of benzene rings is 2. The lowest BCUT2D eigenvalue weighted by Crippen LogP contribution is -2.17. The minimum atomic E-state index is -0.195. The van der Waals surface area contributed by atoms with E-state index in [4.69, 9.17) is 5.73 Å². The van der Waals surface area contributed by atoms with E-state index in [0.717, 1.165) is 22.8 Å². The number of hydrogen-bond acceptors (Lipinski definition) is 1. The second-order valence-corrected chi connectivity index (χ2v) is 3.96. The van der Waals surface area contributed by atoms with Crippen LogP contribution in [0.15, 0.2) is 36.4 Å². The molecule has 2 heteroatoms. The average molecular weight is 203 g/mol. The smallest absolute Gasteiger partial charge is 0.123 e. The molecule has 0 bridgehead atoms. The van der Waals surface area contributed by atoms with E-state index in [0.29, 0.717) is 0 Å². The molecule has 0 radical (unpaired) electrons. The second-order valence-electron chi connectivity index (χ2n) is 3.96. The van der Waals surface area contributed by atoms with Gasteiger partial charge in [-0.15, -0.1) is 0 Å². The van der Waals surface area contributed by atoms with E-state index in [1.165, 1.54) is 6.07 Å². The highest BCUT2D eigenvalue weighted by Crippen LogP contribution is 2.20. The first-order chi connectivity index (χ1) is 7.16. The van der Waals surface area contributed by atoms with Crippen LogP contribution in [0.4, 0.5) is 4.39 Å². The van der Waals surface area contributed by atoms with Crippen LogP contribution in [0.2, 0.25) is 0 Å². The van der Waals surface area contributed by atoms with Crippen molar-refractivity contribution < 1.29 is 4.39 Å². The summed E-state index contributed by atoms with van der Waals surface area (Å²) in [6.07, 6.45) is 0.779. The summed E-state index contributed by atoms with van der Waals surface area (Å²) in [6.45, 7) is 1.96. The summed E-state index contributed by atoms with van der Waals surface area (Å²) in [6, 6.07) is 10.9. The molecule has 2 N–H and O–H groups in total. The summed E-state index contributed by atoms with van der Waals surface area (Å²) < 4.78 is 13.1. The fraction of sp³-hybridized carbons (Fsp3) is 0.231. The molecule has 0 fully saturated rings. The Kier molecular flexibility index (Phi) is 2.69. The number of nitrogens with two attached hydrogens (primary N) is 1. The van der Waals surface area contributed by atoms with Crippen LogP contribution in [0.3, 0.4) is 0 Å². The van der Waals surface area contributed by atoms with E-state index in [1.807, 2.05) is 25.1 Å². The molecule has 0 spiro atoms. The van der Waals surface area contributed by atoms with Crippen LogP contribution < -0.4 is 5.73 Å². The Bertz CT molecular complexity index is 477. The predicted molar refractivity (Wildman–Crippen MR) is 61.3 cm³/mol. The van der Waals surface area contributed by atoms with E-state index in [1.54, 1.807) is 12.1 Å². The van der Waals surface area contributed by atoms with Crippen LogP contribution in [0, 0.1) is 5.82 Å². The maximum Gasteiger partial charge on any atom is 0.123 e. The molecule has 1 unspecified atom stereocenters. The van der Waals surface area contributed by atoms with Crippen molar-refractivity contribution in [3.63, 3.8) is 0 Å². The molecule has 0 amide bonds. The minimum absolute atomic E-state index is 0.0962. The summed E-state index contributed by atoms with van der Waals surface area (Å²) in [5, 5.41) is 2.03. The average Bonchev–Trinajstić information content (AvgIpc) is 2.18. The van der Waals surface area contributed by atoms with Crippen LogP contribution in [0.25, 0.3) is 10.8 Å². The van der Waals surface area contributed by atoms with E-state index in [2.05, 4.69) is 0 Å². The third-order valence-electron chi connectivity index (χ3n) is 2.48. The Hall–Kier alpha value is -1.41. The molecule has 0 heterocycles. The summed E-state index contributed by atoms with van der Waals surface area (Å²) >= 11 is 0. The Labute approximate surface area is 88.7 Å². The fourth-order valence-electron chi connectivity index (χ4n) is 1.83. The van der Waals surface area contributed by atoms with Crippen molar-refractivity contribution in [1.82, 2.24) is 0 Å². The lowest BCUT2D eigenvalue weighted by atomic mass is 10.00. The van der Waals surface area contributed by atoms with E-state index in [-0.39, 0.29) is 11.9 Å². The standard InChI is InChI=1S/C13H14FN/c1-9(15)7-11-4-2-3-10-5-6-12(14)8-13(10)11/h2-6,8-9H,7,15H2,1H3. The molecule has 0 saturated carbocycles. The molecule has 78 valence electrons. The second kappa shape index (κ2) is 3.99. The van der Waals surface area contributed by atoms with Gasteiger partial charge in [-0.1, -0.05) is 24.3 Å². The van der Waals surface area contributed by atoms with Crippen molar-refractivity contribution >= 4 is 10.8 Å². The van der Waals surface area contributed by atoms with Crippen molar-refractivity contribution in [1.29, 1.82) is 0 Å². The lowest BCUT2D eigenvalue weighted by molar-refractivity contribution is 0.629. The van der Waals surface area contributed by atoms with Crippen LogP contribution in [-0.4, -0.2) is 6.04 Å². The maximum atomic E-state index is 13.1. The normalized spacial score (nSPS) is 13.0. The zero-order valence-electron chi connectivity index (χ0n) is 8.70. The quantitative estimate of drug-likeness (QED) is 0.798. The molecule has 0 aliphatic rings. The molecule has 2 aromatic rings. The Morgan fingerprint density at radius 2 is 2.07 bits per heavy atom. The van der Waals surface area contributed by atoms with E-state index < -0.39 is 0 Å². The molecule has 0 aliphatic heterocycles. The first-order valence-electron chi connectivity index (χ1n) is 5.09. The molecule has 15 heavy (non-hydrogen) atoms. The van der Waals surface area contributed by atoms with Gasteiger partial charge >= 0.3 is 0 Å². The minimum Gasteiger partial charge on any atom is -0.328 e. The molecule has 2 aromatic carbocycles. The monoisotopic (exact) mass is 203 g/mol. The van der Waals surface area contributed by atoms with Crippen molar-refractivity contribution in [2.45, 2.75) is 19.4 Å². The third kappa shape index (κ3) is 2.16. The van der Waals surface area contributed by atoms with Gasteiger partial charge in [0.1, 0.15) is 5.82 Å². The zero-order chi connectivity index (χ0) is 10.8. The van der Waals surface area contributed by atoms with Crippen molar-refractivity contribution in [2.24, 2.45) is 5.73 Å². The Morgan fingerprint density at radius 1 is 1.27 bits per heavy atom. The van der Waals surface area contributed by atoms with Gasteiger partial charge in [-0.3, -0.25) is 0 Å². The maximum absolute atomic E-state index is 13.1. The highest BCUT2D eigenvalue weighted by molar-refractivity contribution is 5.85. The predicted octanol–water partition coefficient (Wildman–Crippen LogP) is 2.87. The van der Waals surface area contributed by atoms with Gasteiger partial charge in [-0.25, -0.2) is 4.39 Å². The van der Waals surface area contributed by atoms with Gasteiger partial charge in [-0.05, 0) is 41.8 Å². The van der Waals surface area contributed by atoms with Gasteiger partial charge in [0.05, 0.1) is 0 Å². The van der Waals surface area contributed by atoms with Gasteiger partial charge in [0.2, 0.25) is 0 Å². The molecular formula is C13H14FN. The molecular weight excluding hydrogens is 189 g/mol. The molecule has 0 saturated heterocycles. The molecule has 0 aliphatic carbocycles. The van der Waals surface area contributed by atoms with Crippen molar-refractivity contribution in [3.05, 3.63) is 47.8 Å². The zero-order valence-corrected chi connectivity index (χ0v) is 8.70. The number of rotatable bonds is 2. The number of fused-ring (bicyclic) bond motifs is 1. The Morgan fingerprint density at radius 3 is 2.80 bits per heavy atom. The molecule has 2 rings (SSSR count). The van der Waals surface area contributed by atoms with Gasteiger partial charge in [0.25, 0.3) is 0 Å². The summed E-state index contributed by atoms with van der Waals surface area (Å²) in [5.41, 5.74) is 6.87. The summed E-state index contributed by atoms with van der Waals surface area (Å²) in [7, 11) is 0. The first kappa shape index (κ1) is 10.1. The largest absolute Gasteiger partial charge is 0.328 e. The van der Waals surface area contributed by atoms with Crippen LogP contribution in [-0.2, 0) is 6.42 Å². The van der Waals surface area contributed by atoms with Crippen LogP contribution in [0.1, 0.15) is 12.5 Å². The number of hydrogen-bond donors (Lipinski definition) is 1. The summed E-state index contributed by atoms with van der Waals surface area (Å²) in [4.78, 5) is 0. The van der Waals surface area contributed by atoms with Crippen molar-refractivity contribution in [3.8, 4) is 0 Å².